The van der Waals surface area contributed by atoms with Crippen LogP contribution < -0.4 is 10.6 Å². The molecule has 0 spiro atoms. The molecule has 0 aliphatic carbocycles. The lowest BCUT2D eigenvalue weighted by molar-refractivity contribution is 0.894. The molecule has 1 radical (unpaired) electrons. The van der Waals surface area contributed by atoms with Gasteiger partial charge >= 0.3 is 0 Å². The molecule has 0 unspecified atom stereocenters. The molecule has 0 fully saturated rings. The fraction of sp³-hybridized carbons (Fsp3) is 0.333. The fourth-order valence-corrected chi connectivity index (χ4v) is 0.629. The van der Waals surface area contributed by atoms with Gasteiger partial charge in [0.2, 0.25) is 0 Å². The topological polar surface area (TPSA) is 26.1 Å². The van der Waals surface area contributed by atoms with E-state index in [9.17, 15) is 0 Å². The molecule has 2 heteroatoms. The molecule has 1 aliphatic heterocycles. The Morgan fingerprint density at radius 2 is 2.62 bits per heavy atom. The Labute approximate surface area is 49.3 Å². The first kappa shape index (κ1) is 5.38. The highest BCUT2D eigenvalue weighted by molar-refractivity contribution is 5.24. The minimum Gasteiger partial charge on any atom is -0.316 e. The summed E-state index contributed by atoms with van der Waals surface area (Å²) in [4.78, 5) is 0. The van der Waals surface area contributed by atoms with Gasteiger partial charge in [-0.1, -0.05) is 0 Å². The zero-order chi connectivity index (χ0) is 5.82. The van der Waals surface area contributed by atoms with Crippen molar-refractivity contribution >= 4 is 0 Å². The van der Waals surface area contributed by atoms with Gasteiger partial charge in [-0.15, -0.1) is 0 Å². The monoisotopic (exact) mass is 109 g/mol. The van der Waals surface area contributed by atoms with Crippen LogP contribution in [0.3, 0.4) is 0 Å². The van der Waals surface area contributed by atoms with Gasteiger partial charge in [-0.3, -0.25) is 5.32 Å². The smallest absolute Gasteiger partial charge is 0.0313 e. The Balaban J connectivity index is 2.34. The van der Waals surface area contributed by atoms with Gasteiger partial charge in [0, 0.05) is 18.9 Å². The number of likely N-dealkylation sites (N-methyl/N-ethyl adjacent to an activating group) is 1. The van der Waals surface area contributed by atoms with Gasteiger partial charge in [0.25, 0.3) is 0 Å². The van der Waals surface area contributed by atoms with Crippen LogP contribution in [0, 0.1) is 0 Å². The van der Waals surface area contributed by atoms with Gasteiger partial charge in [0.15, 0.2) is 0 Å². The zero-order valence-electron chi connectivity index (χ0n) is 4.89. The number of hydrogen-bond acceptors (Lipinski definition) is 1. The van der Waals surface area contributed by atoms with Crippen LogP contribution in [0.2, 0.25) is 0 Å². The first-order valence-corrected chi connectivity index (χ1v) is 2.63. The second-order valence-corrected chi connectivity index (χ2v) is 1.70. The molecular weight excluding hydrogens is 100 g/mol. The first-order valence-electron chi connectivity index (χ1n) is 2.63. The lowest BCUT2D eigenvalue weighted by Gasteiger charge is -1.92. The second kappa shape index (κ2) is 2.52. The highest BCUT2D eigenvalue weighted by Gasteiger charge is 1.93. The van der Waals surface area contributed by atoms with E-state index in [0.29, 0.717) is 0 Å². The van der Waals surface area contributed by atoms with Gasteiger partial charge in [-0.25, -0.2) is 0 Å². The van der Waals surface area contributed by atoms with E-state index in [1.54, 1.807) is 6.20 Å². The van der Waals surface area contributed by atoms with Crippen molar-refractivity contribution in [1.29, 1.82) is 0 Å². The maximum atomic E-state index is 3.90. The highest BCUT2D eigenvalue weighted by Crippen LogP contribution is 1.98. The Hall–Kier alpha value is -0.760. The van der Waals surface area contributed by atoms with Crippen molar-refractivity contribution in [1.82, 2.24) is 10.6 Å². The Kier molecular flexibility index (Phi) is 1.70. The summed E-state index contributed by atoms with van der Waals surface area (Å²) in [5.41, 5.74) is 1.24. The molecule has 1 rings (SSSR count). The summed E-state index contributed by atoms with van der Waals surface area (Å²) in [5.74, 6) is 0. The van der Waals surface area contributed by atoms with Crippen LogP contribution in [0.5, 0.6) is 0 Å². The number of nitrogens with one attached hydrogen (secondary N) is 1. The van der Waals surface area contributed by atoms with Gasteiger partial charge < -0.3 is 5.32 Å². The molecule has 0 saturated carbocycles. The Morgan fingerprint density at radius 3 is 3.12 bits per heavy atom. The van der Waals surface area contributed by atoms with Crippen molar-refractivity contribution in [2.75, 3.05) is 13.6 Å². The van der Waals surface area contributed by atoms with Crippen LogP contribution in [-0.2, 0) is 0 Å². The quantitative estimate of drug-likeness (QED) is 0.539. The molecule has 1 aliphatic rings. The molecule has 0 aromatic rings. The highest BCUT2D eigenvalue weighted by atomic mass is 14.9. The van der Waals surface area contributed by atoms with Crippen LogP contribution in [-0.4, -0.2) is 13.6 Å². The Morgan fingerprint density at radius 1 is 1.75 bits per heavy atom. The van der Waals surface area contributed by atoms with Crippen LogP contribution >= 0.6 is 0 Å². The molecule has 0 saturated heterocycles. The predicted octanol–water partition coefficient (Wildman–Crippen LogP) is 0.221. The summed E-state index contributed by atoms with van der Waals surface area (Å²) in [5, 5.41) is 6.93. The van der Waals surface area contributed by atoms with E-state index in [0.717, 1.165) is 6.54 Å². The van der Waals surface area contributed by atoms with E-state index >= 15 is 0 Å². The van der Waals surface area contributed by atoms with Gasteiger partial charge in [0.05, 0.1) is 0 Å². The molecule has 8 heavy (non-hydrogen) atoms. The molecule has 43 valence electrons. The van der Waals surface area contributed by atoms with Crippen LogP contribution in [0.25, 0.3) is 0 Å². The van der Waals surface area contributed by atoms with Gasteiger partial charge in [-0.2, -0.15) is 0 Å². The lowest BCUT2D eigenvalue weighted by atomic mass is 10.3. The first-order chi connectivity index (χ1) is 3.93. The largest absolute Gasteiger partial charge is 0.316 e. The molecule has 1 N–H and O–H groups in total. The van der Waals surface area contributed by atoms with Crippen LogP contribution in [0.4, 0.5) is 0 Å². The van der Waals surface area contributed by atoms with Gasteiger partial charge in [-0.05, 0) is 18.7 Å². The van der Waals surface area contributed by atoms with E-state index in [-0.39, 0.29) is 0 Å². The SMILES string of the molecule is CNCC1=C[N]C=C1. The van der Waals surface area contributed by atoms with E-state index in [4.69, 9.17) is 0 Å². The molecular formula is C6H9N2. The van der Waals surface area contributed by atoms with Crippen molar-refractivity contribution in [3.05, 3.63) is 24.0 Å². The summed E-state index contributed by atoms with van der Waals surface area (Å²) in [6.45, 7) is 0.917. The number of nitrogens with zero attached hydrogens (tertiary/aromatic N) is 1. The van der Waals surface area contributed by atoms with Crippen molar-refractivity contribution in [2.45, 2.75) is 0 Å². The summed E-state index contributed by atoms with van der Waals surface area (Å²) >= 11 is 0. The predicted molar refractivity (Wildman–Crippen MR) is 33.3 cm³/mol. The van der Waals surface area contributed by atoms with E-state index in [1.807, 2.05) is 19.3 Å². The Bertz CT molecular complexity index is 124. The maximum absolute atomic E-state index is 3.90. The average molecular weight is 109 g/mol. The normalized spacial score (nSPS) is 15.9. The summed E-state index contributed by atoms with van der Waals surface area (Å²) in [7, 11) is 1.92. The number of rotatable bonds is 2. The standard InChI is InChI=1S/C6H9N2/c1-7-4-6-2-3-8-5-6/h2-3,5,7H,4H2,1H3. The summed E-state index contributed by atoms with van der Waals surface area (Å²) in [6, 6.07) is 0. The fourth-order valence-electron chi connectivity index (χ4n) is 0.629. The summed E-state index contributed by atoms with van der Waals surface area (Å²) in [6.07, 6.45) is 5.65. The summed E-state index contributed by atoms with van der Waals surface area (Å²) < 4.78 is 0. The molecule has 1 heterocycles. The molecule has 0 atom stereocenters. The van der Waals surface area contributed by atoms with E-state index < -0.39 is 0 Å². The van der Waals surface area contributed by atoms with E-state index in [2.05, 4.69) is 10.6 Å². The van der Waals surface area contributed by atoms with Crippen molar-refractivity contribution in [3.63, 3.8) is 0 Å². The molecule has 0 bridgehead atoms. The minimum atomic E-state index is 0.917. The molecule has 0 aromatic carbocycles. The minimum absolute atomic E-state index is 0.917. The molecule has 0 amide bonds. The third kappa shape index (κ3) is 1.10. The van der Waals surface area contributed by atoms with Crippen molar-refractivity contribution in [2.24, 2.45) is 0 Å². The second-order valence-electron chi connectivity index (χ2n) is 1.70. The third-order valence-electron chi connectivity index (χ3n) is 0.996. The molecule has 2 nitrogen and oxygen atoms in total. The van der Waals surface area contributed by atoms with Crippen LogP contribution in [0.15, 0.2) is 24.0 Å². The van der Waals surface area contributed by atoms with Crippen LogP contribution in [0.1, 0.15) is 0 Å². The molecule has 0 aromatic heterocycles. The van der Waals surface area contributed by atoms with Crippen molar-refractivity contribution in [3.8, 4) is 0 Å². The lowest BCUT2D eigenvalue weighted by Crippen LogP contribution is -2.08. The van der Waals surface area contributed by atoms with Crippen molar-refractivity contribution < 1.29 is 0 Å². The van der Waals surface area contributed by atoms with E-state index in [1.165, 1.54) is 5.57 Å². The van der Waals surface area contributed by atoms with Gasteiger partial charge in [0.1, 0.15) is 0 Å². The maximum Gasteiger partial charge on any atom is 0.0313 e. The number of hydrogen-bond donors (Lipinski definition) is 1. The average Bonchev–Trinajstić information content (AvgIpc) is 2.19. The zero-order valence-corrected chi connectivity index (χ0v) is 4.89. The third-order valence-corrected chi connectivity index (χ3v) is 0.996.